The van der Waals surface area contributed by atoms with Gasteiger partial charge in [-0.25, -0.2) is 9.37 Å². The first-order chi connectivity index (χ1) is 8.97. The van der Waals surface area contributed by atoms with Crippen LogP contribution in [0.1, 0.15) is 5.69 Å². The summed E-state index contributed by atoms with van der Waals surface area (Å²) in [7, 11) is 0. The molecule has 0 amide bonds. The standard InChI is InChI=1S/C11H8ClFN4O2/c1-6-9(17(18)19)10(16-11(12)14-6)15-8-4-2-7(13)3-5-8/h2-5H,1H3,(H,14,15,16). The number of nitro groups is 1. The van der Waals surface area contributed by atoms with Crippen LogP contribution >= 0.6 is 11.6 Å². The van der Waals surface area contributed by atoms with Crippen molar-refractivity contribution in [1.82, 2.24) is 9.97 Å². The van der Waals surface area contributed by atoms with Crippen molar-refractivity contribution in [3.05, 3.63) is 51.2 Å². The highest BCUT2D eigenvalue weighted by atomic mass is 35.5. The Bertz CT molecular complexity index is 633. The molecule has 0 fully saturated rings. The number of aryl methyl sites for hydroxylation is 1. The molecular formula is C11H8ClFN4O2. The summed E-state index contributed by atoms with van der Waals surface area (Å²) in [5.41, 5.74) is 0.335. The Morgan fingerprint density at radius 1 is 1.32 bits per heavy atom. The number of anilines is 2. The lowest BCUT2D eigenvalue weighted by Gasteiger charge is -2.07. The fourth-order valence-electron chi connectivity index (χ4n) is 1.51. The number of aromatic nitrogens is 2. The SMILES string of the molecule is Cc1nc(Cl)nc(Nc2ccc(F)cc2)c1[N+](=O)[O-]. The van der Waals surface area contributed by atoms with E-state index in [1.807, 2.05) is 0 Å². The van der Waals surface area contributed by atoms with Gasteiger partial charge in [0.15, 0.2) is 0 Å². The summed E-state index contributed by atoms with van der Waals surface area (Å²) in [4.78, 5) is 17.9. The Balaban J connectivity index is 2.44. The Morgan fingerprint density at radius 3 is 2.53 bits per heavy atom. The lowest BCUT2D eigenvalue weighted by atomic mass is 10.3. The predicted molar refractivity (Wildman–Crippen MR) is 68.1 cm³/mol. The summed E-state index contributed by atoms with van der Waals surface area (Å²) in [6, 6.07) is 5.32. The molecule has 0 aliphatic heterocycles. The zero-order valence-electron chi connectivity index (χ0n) is 9.72. The van der Waals surface area contributed by atoms with E-state index in [1.54, 1.807) is 0 Å². The lowest BCUT2D eigenvalue weighted by molar-refractivity contribution is -0.385. The van der Waals surface area contributed by atoms with Crippen LogP contribution in [0.4, 0.5) is 21.6 Å². The number of rotatable bonds is 3. The molecular weight excluding hydrogens is 275 g/mol. The minimum absolute atomic E-state index is 0.0332. The monoisotopic (exact) mass is 282 g/mol. The lowest BCUT2D eigenvalue weighted by Crippen LogP contribution is -2.04. The highest BCUT2D eigenvalue weighted by Gasteiger charge is 2.21. The van der Waals surface area contributed by atoms with E-state index in [9.17, 15) is 14.5 Å². The van der Waals surface area contributed by atoms with Gasteiger partial charge in [0.25, 0.3) is 0 Å². The highest BCUT2D eigenvalue weighted by molar-refractivity contribution is 6.28. The maximum atomic E-state index is 12.8. The van der Waals surface area contributed by atoms with Crippen LogP contribution in [0.5, 0.6) is 0 Å². The predicted octanol–water partition coefficient (Wildman–Crippen LogP) is 3.23. The second-order valence-corrected chi connectivity index (χ2v) is 4.00. The molecule has 0 unspecified atom stereocenters. The van der Waals surface area contributed by atoms with Gasteiger partial charge < -0.3 is 5.32 Å². The van der Waals surface area contributed by atoms with E-state index in [2.05, 4.69) is 15.3 Å². The summed E-state index contributed by atoms with van der Waals surface area (Å²) >= 11 is 5.67. The third-order valence-electron chi connectivity index (χ3n) is 2.32. The van der Waals surface area contributed by atoms with Gasteiger partial charge in [-0.2, -0.15) is 4.98 Å². The van der Waals surface area contributed by atoms with E-state index in [1.165, 1.54) is 31.2 Å². The minimum atomic E-state index is -0.600. The first-order valence-corrected chi connectivity index (χ1v) is 5.56. The first-order valence-electron chi connectivity index (χ1n) is 5.18. The quantitative estimate of drug-likeness (QED) is 0.531. The fourth-order valence-corrected chi connectivity index (χ4v) is 1.72. The summed E-state index contributed by atoms with van der Waals surface area (Å²) in [5.74, 6) is -0.439. The van der Waals surface area contributed by atoms with Gasteiger partial charge in [0, 0.05) is 5.69 Å². The van der Waals surface area contributed by atoms with E-state index < -0.39 is 10.7 Å². The molecule has 0 bridgehead atoms. The molecule has 98 valence electrons. The van der Waals surface area contributed by atoms with Crippen molar-refractivity contribution in [3.63, 3.8) is 0 Å². The summed E-state index contributed by atoms with van der Waals surface area (Å²) in [5, 5.41) is 13.6. The molecule has 2 aromatic rings. The summed E-state index contributed by atoms with van der Waals surface area (Å²) < 4.78 is 12.8. The molecule has 0 saturated heterocycles. The second-order valence-electron chi connectivity index (χ2n) is 3.66. The van der Waals surface area contributed by atoms with Crippen molar-refractivity contribution in [1.29, 1.82) is 0 Å². The normalized spacial score (nSPS) is 10.3. The molecule has 0 saturated carbocycles. The zero-order valence-corrected chi connectivity index (χ0v) is 10.5. The minimum Gasteiger partial charge on any atom is -0.334 e. The number of nitrogens with one attached hydrogen (secondary N) is 1. The van der Waals surface area contributed by atoms with Crippen molar-refractivity contribution >= 4 is 28.8 Å². The van der Waals surface area contributed by atoms with Crippen LogP contribution in [0.25, 0.3) is 0 Å². The summed E-state index contributed by atoms with van der Waals surface area (Å²) in [6.45, 7) is 1.46. The Morgan fingerprint density at radius 2 is 1.95 bits per heavy atom. The van der Waals surface area contributed by atoms with Crippen molar-refractivity contribution in [2.24, 2.45) is 0 Å². The molecule has 0 aliphatic rings. The van der Waals surface area contributed by atoms with Crippen molar-refractivity contribution < 1.29 is 9.31 Å². The summed E-state index contributed by atoms with van der Waals surface area (Å²) in [6.07, 6.45) is 0. The highest BCUT2D eigenvalue weighted by Crippen LogP contribution is 2.29. The zero-order chi connectivity index (χ0) is 14.0. The largest absolute Gasteiger partial charge is 0.334 e. The second kappa shape index (κ2) is 5.15. The van der Waals surface area contributed by atoms with E-state index in [-0.39, 0.29) is 22.5 Å². The smallest absolute Gasteiger partial charge is 0.332 e. The van der Waals surface area contributed by atoms with Crippen LogP contribution in [0.15, 0.2) is 24.3 Å². The van der Waals surface area contributed by atoms with Gasteiger partial charge in [0.1, 0.15) is 11.5 Å². The molecule has 1 aromatic carbocycles. The molecule has 2 rings (SSSR count). The topological polar surface area (TPSA) is 81.0 Å². The third-order valence-corrected chi connectivity index (χ3v) is 2.49. The van der Waals surface area contributed by atoms with Gasteiger partial charge in [0.05, 0.1) is 4.92 Å². The maximum Gasteiger partial charge on any atom is 0.332 e. The van der Waals surface area contributed by atoms with Crippen molar-refractivity contribution in [3.8, 4) is 0 Å². The van der Waals surface area contributed by atoms with Gasteiger partial charge in [-0.1, -0.05) is 0 Å². The Labute approximate surface area is 112 Å². The van der Waals surface area contributed by atoms with Crippen molar-refractivity contribution in [2.75, 3.05) is 5.32 Å². The van der Waals surface area contributed by atoms with Crippen LogP contribution in [-0.2, 0) is 0 Å². The van der Waals surface area contributed by atoms with Crippen LogP contribution in [0.3, 0.4) is 0 Å². The molecule has 19 heavy (non-hydrogen) atoms. The maximum absolute atomic E-state index is 12.8. The molecule has 1 heterocycles. The van der Waals surface area contributed by atoms with Crippen LogP contribution in [0.2, 0.25) is 5.28 Å². The number of benzene rings is 1. The van der Waals surface area contributed by atoms with Gasteiger partial charge >= 0.3 is 5.69 Å². The van der Waals surface area contributed by atoms with E-state index in [0.29, 0.717) is 5.69 Å². The Hall–Kier alpha value is -2.28. The molecule has 0 aliphatic carbocycles. The fraction of sp³-hybridized carbons (Fsp3) is 0.0909. The average molecular weight is 283 g/mol. The van der Waals surface area contributed by atoms with E-state index in [4.69, 9.17) is 11.6 Å². The number of nitrogens with zero attached hydrogens (tertiary/aromatic N) is 3. The molecule has 6 nitrogen and oxygen atoms in total. The number of halogens is 2. The van der Waals surface area contributed by atoms with Gasteiger partial charge in [-0.3, -0.25) is 10.1 Å². The van der Waals surface area contributed by atoms with E-state index in [0.717, 1.165) is 0 Å². The molecule has 1 aromatic heterocycles. The molecule has 0 spiro atoms. The van der Waals surface area contributed by atoms with E-state index >= 15 is 0 Å². The molecule has 8 heteroatoms. The van der Waals surface area contributed by atoms with Crippen LogP contribution in [0, 0.1) is 22.9 Å². The average Bonchev–Trinajstić information content (AvgIpc) is 2.30. The van der Waals surface area contributed by atoms with Crippen molar-refractivity contribution in [2.45, 2.75) is 6.92 Å². The van der Waals surface area contributed by atoms with Gasteiger partial charge in [-0.15, -0.1) is 0 Å². The number of hydrogen-bond donors (Lipinski definition) is 1. The van der Waals surface area contributed by atoms with Crippen LogP contribution < -0.4 is 5.32 Å². The molecule has 0 radical (unpaired) electrons. The molecule has 1 N–H and O–H groups in total. The Kier molecular flexibility index (Phi) is 3.57. The van der Waals surface area contributed by atoms with Gasteiger partial charge in [-0.05, 0) is 42.8 Å². The first kappa shape index (κ1) is 13.2. The third kappa shape index (κ3) is 2.94. The number of hydrogen-bond acceptors (Lipinski definition) is 5. The van der Waals surface area contributed by atoms with Gasteiger partial charge in [0.2, 0.25) is 11.1 Å². The van der Waals surface area contributed by atoms with Crippen LogP contribution in [-0.4, -0.2) is 14.9 Å². The molecule has 0 atom stereocenters.